The summed E-state index contributed by atoms with van der Waals surface area (Å²) in [6, 6.07) is 0. The Bertz CT molecular complexity index is 1070. The van der Waals surface area contributed by atoms with Crippen LogP contribution in [-0.4, -0.2) is 75.0 Å². The van der Waals surface area contributed by atoms with Crippen LogP contribution in [0.2, 0.25) is 0 Å². The molecule has 0 bridgehead atoms. The lowest BCUT2D eigenvalue weighted by atomic mass is 9.60. The summed E-state index contributed by atoms with van der Waals surface area (Å²) in [6.45, 7) is 19.7. The number of carbonyl (C=O) groups is 2. The maximum absolute atomic E-state index is 12.7. The van der Waals surface area contributed by atoms with Crippen molar-refractivity contribution in [2.24, 2.45) is 33.1 Å². The summed E-state index contributed by atoms with van der Waals surface area (Å²) in [5.41, 5.74) is -0.553. The van der Waals surface area contributed by atoms with Gasteiger partial charge in [0.1, 0.15) is 19.3 Å². The van der Waals surface area contributed by atoms with E-state index in [0.717, 1.165) is 32.1 Å². The van der Waals surface area contributed by atoms with Crippen molar-refractivity contribution in [2.75, 3.05) is 33.0 Å². The van der Waals surface area contributed by atoms with Crippen LogP contribution >= 0.6 is 0 Å². The van der Waals surface area contributed by atoms with E-state index in [1.165, 1.54) is 0 Å². The Morgan fingerprint density at radius 1 is 0.867 bits per heavy atom. The third-order valence-electron chi connectivity index (χ3n) is 8.76. The number of carbonyl (C=O) groups excluding carboxylic acids is 3. The molecule has 0 aromatic rings. The molecule has 2 aliphatic rings. The largest absolute Gasteiger partial charge is 0.460 e. The van der Waals surface area contributed by atoms with E-state index in [1.807, 2.05) is 20.8 Å². The van der Waals surface area contributed by atoms with Crippen molar-refractivity contribution in [3.05, 3.63) is 0 Å². The fraction of sp³-hybridized carbons (Fsp3) is 0.882. The molecule has 0 heterocycles. The van der Waals surface area contributed by atoms with Gasteiger partial charge in [-0.3, -0.25) is 4.79 Å². The quantitative estimate of drug-likeness (QED) is 0.0920. The van der Waals surface area contributed by atoms with E-state index < -0.39 is 17.7 Å². The number of esters is 1. The van der Waals surface area contributed by atoms with Crippen LogP contribution in [0.1, 0.15) is 107 Å². The first-order valence-electron chi connectivity index (χ1n) is 16.3. The normalized spacial score (nSPS) is 29.2. The van der Waals surface area contributed by atoms with Crippen molar-refractivity contribution in [3.8, 4) is 6.26 Å². The maximum atomic E-state index is 12.7. The highest BCUT2D eigenvalue weighted by Gasteiger charge is 2.43. The van der Waals surface area contributed by atoms with Gasteiger partial charge in [-0.15, -0.1) is 0 Å². The topological polar surface area (TPSA) is 146 Å². The van der Waals surface area contributed by atoms with Crippen LogP contribution < -0.4 is 5.32 Å². The average Bonchev–Trinajstić information content (AvgIpc) is 2.89. The summed E-state index contributed by atoms with van der Waals surface area (Å²) in [6.07, 6.45) is 7.31. The fourth-order valence-corrected chi connectivity index (χ4v) is 8.11. The summed E-state index contributed by atoms with van der Waals surface area (Å²) < 4.78 is 27.8. The summed E-state index contributed by atoms with van der Waals surface area (Å²) >= 11 is 0. The SMILES string of the molecule is CC(COC(=O)NC1(C)CC(COC#N)CC(C)(C)C1)OCC(C)OCC(C)OC(=O)CC1CC(C)(C)CC(C)(CN=C=O)C1. The van der Waals surface area contributed by atoms with E-state index in [9.17, 15) is 14.4 Å². The van der Waals surface area contributed by atoms with Crippen molar-refractivity contribution >= 4 is 18.1 Å². The number of amides is 1. The number of nitrogens with one attached hydrogen (secondary N) is 1. The van der Waals surface area contributed by atoms with E-state index >= 15 is 0 Å². The number of aliphatic imine (C=N–C) groups is 1. The van der Waals surface area contributed by atoms with Gasteiger partial charge in [-0.25, -0.2) is 14.6 Å². The first-order chi connectivity index (χ1) is 20.9. The zero-order chi connectivity index (χ0) is 33.9. The zero-order valence-electron chi connectivity index (χ0n) is 29.0. The zero-order valence-corrected chi connectivity index (χ0v) is 29.0. The predicted octanol–water partition coefficient (Wildman–Crippen LogP) is 6.10. The molecule has 1 amide bonds. The highest BCUT2D eigenvalue weighted by atomic mass is 16.6. The van der Waals surface area contributed by atoms with Gasteiger partial charge in [-0.05, 0) is 94.3 Å². The van der Waals surface area contributed by atoms with E-state index in [2.05, 4.69) is 44.9 Å². The van der Waals surface area contributed by atoms with Gasteiger partial charge < -0.3 is 29.0 Å². The van der Waals surface area contributed by atoms with Gasteiger partial charge in [0.15, 0.2) is 0 Å². The molecule has 2 saturated carbocycles. The van der Waals surface area contributed by atoms with Crippen LogP contribution in [0.5, 0.6) is 0 Å². The Labute approximate surface area is 270 Å². The summed E-state index contributed by atoms with van der Waals surface area (Å²) in [5.74, 6) is 0.0854. The number of isocyanates is 1. The van der Waals surface area contributed by atoms with E-state index in [0.29, 0.717) is 26.0 Å². The predicted molar refractivity (Wildman–Crippen MR) is 169 cm³/mol. The van der Waals surface area contributed by atoms with Gasteiger partial charge in [-0.2, -0.15) is 5.26 Å². The Morgan fingerprint density at radius 2 is 1.47 bits per heavy atom. The van der Waals surface area contributed by atoms with Crippen molar-refractivity contribution in [1.82, 2.24) is 5.32 Å². The summed E-state index contributed by atoms with van der Waals surface area (Å²) in [4.78, 5) is 39.9. The second-order valence-corrected chi connectivity index (χ2v) is 15.9. The van der Waals surface area contributed by atoms with Crippen LogP contribution in [0.25, 0.3) is 0 Å². The second-order valence-electron chi connectivity index (χ2n) is 15.9. The summed E-state index contributed by atoms with van der Waals surface area (Å²) in [5, 5.41) is 11.8. The molecule has 2 fully saturated rings. The molecule has 2 rings (SSSR count). The third-order valence-corrected chi connectivity index (χ3v) is 8.76. The fourth-order valence-electron chi connectivity index (χ4n) is 8.11. The number of hydrogen-bond acceptors (Lipinski definition) is 10. The molecule has 11 nitrogen and oxygen atoms in total. The molecule has 0 radical (unpaired) electrons. The second kappa shape index (κ2) is 16.8. The molecular formula is C34H57N3O8. The van der Waals surface area contributed by atoms with Crippen LogP contribution in [-0.2, 0) is 33.3 Å². The number of nitrogens with zero attached hydrogens (tertiary/aromatic N) is 2. The van der Waals surface area contributed by atoms with Crippen LogP contribution in [0, 0.1) is 39.6 Å². The molecule has 0 saturated heterocycles. The molecule has 0 aliphatic heterocycles. The molecule has 45 heavy (non-hydrogen) atoms. The Hall–Kier alpha value is -2.67. The highest BCUT2D eigenvalue weighted by molar-refractivity contribution is 5.70. The molecule has 1 N–H and O–H groups in total. The molecule has 7 atom stereocenters. The smallest absolute Gasteiger partial charge is 0.407 e. The average molecular weight is 636 g/mol. The highest BCUT2D eigenvalue weighted by Crippen LogP contribution is 2.50. The molecule has 2 aliphatic carbocycles. The number of rotatable bonds is 16. The molecular weight excluding hydrogens is 578 g/mol. The molecule has 0 aromatic carbocycles. The molecule has 7 unspecified atom stereocenters. The monoisotopic (exact) mass is 635 g/mol. The molecule has 11 heteroatoms. The number of ether oxygens (including phenoxy) is 5. The van der Waals surface area contributed by atoms with E-state index in [1.54, 1.807) is 19.3 Å². The van der Waals surface area contributed by atoms with Crippen LogP contribution in [0.15, 0.2) is 4.99 Å². The Morgan fingerprint density at radius 3 is 2.11 bits per heavy atom. The minimum Gasteiger partial charge on any atom is -0.460 e. The van der Waals surface area contributed by atoms with Gasteiger partial charge in [-0.1, -0.05) is 34.6 Å². The molecule has 0 aromatic heterocycles. The minimum absolute atomic E-state index is 0.00499. The van der Waals surface area contributed by atoms with Crippen molar-refractivity contribution < 1.29 is 38.1 Å². The lowest BCUT2D eigenvalue weighted by Gasteiger charge is -2.46. The van der Waals surface area contributed by atoms with Crippen molar-refractivity contribution in [2.45, 2.75) is 131 Å². The Kier molecular flexibility index (Phi) is 14.3. The standard InChI is InChI=1S/C34H57N3O8/c1-24(43-17-26(3)45-29(39)10-27-11-31(4,5)19-33(8,13-27)21-36-23-38)15-42-25(2)16-44-30(40)37-34(9)14-28(18-41-22-35)12-32(6,7)20-34/h24-28H,10-21H2,1-9H3,(H,37,40). The summed E-state index contributed by atoms with van der Waals surface area (Å²) in [7, 11) is 0. The van der Waals surface area contributed by atoms with Crippen molar-refractivity contribution in [3.63, 3.8) is 0 Å². The van der Waals surface area contributed by atoms with E-state index in [4.69, 9.17) is 28.9 Å². The number of hydrogen-bond donors (Lipinski definition) is 1. The first kappa shape index (κ1) is 38.5. The number of alkyl carbamates (subject to hydrolysis) is 1. The first-order valence-corrected chi connectivity index (χ1v) is 16.3. The van der Waals surface area contributed by atoms with E-state index in [-0.39, 0.29) is 66.1 Å². The van der Waals surface area contributed by atoms with Gasteiger partial charge in [0.2, 0.25) is 6.08 Å². The molecule has 256 valence electrons. The lowest BCUT2D eigenvalue weighted by Crippen LogP contribution is -2.53. The van der Waals surface area contributed by atoms with Crippen molar-refractivity contribution in [1.29, 1.82) is 5.26 Å². The van der Waals surface area contributed by atoms with Gasteiger partial charge in [0.05, 0.1) is 32.0 Å². The third kappa shape index (κ3) is 14.5. The Balaban J connectivity index is 1.68. The van der Waals surface area contributed by atoms with Crippen LogP contribution in [0.4, 0.5) is 4.79 Å². The number of nitriles is 1. The lowest BCUT2D eigenvalue weighted by molar-refractivity contribution is -0.155. The maximum Gasteiger partial charge on any atom is 0.407 e. The van der Waals surface area contributed by atoms with Crippen LogP contribution in [0.3, 0.4) is 0 Å². The van der Waals surface area contributed by atoms with Gasteiger partial charge in [0.25, 0.3) is 6.26 Å². The van der Waals surface area contributed by atoms with Gasteiger partial charge in [0, 0.05) is 12.0 Å². The minimum atomic E-state index is -0.499. The molecule has 0 spiro atoms. The van der Waals surface area contributed by atoms with Gasteiger partial charge >= 0.3 is 12.1 Å².